The van der Waals surface area contributed by atoms with Gasteiger partial charge in [-0.1, -0.05) is 40.0 Å². The molecule has 0 aromatic heterocycles. The van der Waals surface area contributed by atoms with Gasteiger partial charge in [0.2, 0.25) is 11.8 Å². The van der Waals surface area contributed by atoms with Crippen LogP contribution < -0.4 is 10.6 Å². The van der Waals surface area contributed by atoms with Gasteiger partial charge in [-0.2, -0.15) is 0 Å². The number of unbranched alkanes of at least 4 members (excludes halogenated alkanes) is 3. The van der Waals surface area contributed by atoms with E-state index in [0.717, 1.165) is 25.7 Å². The van der Waals surface area contributed by atoms with Crippen molar-refractivity contribution < 1.29 is 19.8 Å². The molecule has 0 spiro atoms. The number of carbonyl (C=O) groups excluding carboxylic acids is 2. The van der Waals surface area contributed by atoms with Crippen molar-refractivity contribution in [3.8, 4) is 0 Å². The number of carbonyl (C=O) groups is 2. The van der Waals surface area contributed by atoms with Crippen molar-refractivity contribution in [3.05, 3.63) is 0 Å². The van der Waals surface area contributed by atoms with Gasteiger partial charge in [0.1, 0.15) is 6.10 Å². The minimum atomic E-state index is -1.34. The van der Waals surface area contributed by atoms with E-state index in [1.54, 1.807) is 13.8 Å². The first kappa shape index (κ1) is 18.9. The fraction of sp³-hybridized carbons (Fsp3) is 0.857. The van der Waals surface area contributed by atoms with Crippen molar-refractivity contribution in [2.45, 2.75) is 52.6 Å². The number of amides is 2. The summed E-state index contributed by atoms with van der Waals surface area (Å²) in [5, 5.41) is 23.9. The summed E-state index contributed by atoms with van der Waals surface area (Å²) in [5.41, 5.74) is -0.930. The fourth-order valence-electron chi connectivity index (χ4n) is 1.55. The maximum absolute atomic E-state index is 11.6. The topological polar surface area (TPSA) is 98.7 Å². The molecular weight excluding hydrogens is 260 g/mol. The van der Waals surface area contributed by atoms with Gasteiger partial charge in [0.05, 0.1) is 13.2 Å². The van der Waals surface area contributed by atoms with Crippen LogP contribution in [0.4, 0.5) is 0 Å². The van der Waals surface area contributed by atoms with Crippen molar-refractivity contribution >= 4 is 11.8 Å². The molecule has 0 radical (unpaired) electrons. The number of hydrogen-bond donors (Lipinski definition) is 4. The Bertz CT molecular complexity index is 306. The molecule has 0 saturated heterocycles. The van der Waals surface area contributed by atoms with Crippen LogP contribution in [0.1, 0.15) is 46.5 Å². The Morgan fingerprint density at radius 1 is 1.15 bits per heavy atom. The molecule has 0 unspecified atom stereocenters. The molecule has 0 bridgehead atoms. The third-order valence-electron chi connectivity index (χ3n) is 3.17. The Balaban J connectivity index is 3.86. The number of rotatable bonds is 10. The third kappa shape index (κ3) is 7.45. The van der Waals surface area contributed by atoms with Gasteiger partial charge in [0.15, 0.2) is 0 Å². The Morgan fingerprint density at radius 3 is 2.35 bits per heavy atom. The molecule has 0 fully saturated rings. The predicted molar refractivity (Wildman–Crippen MR) is 77.0 cm³/mol. The van der Waals surface area contributed by atoms with Crippen LogP contribution in [-0.4, -0.2) is 47.8 Å². The molecule has 0 aliphatic carbocycles. The van der Waals surface area contributed by atoms with Crippen molar-refractivity contribution in [1.82, 2.24) is 10.6 Å². The summed E-state index contributed by atoms with van der Waals surface area (Å²) in [5.74, 6) is -0.922. The molecule has 1 atom stereocenters. The lowest BCUT2D eigenvalue weighted by Gasteiger charge is -2.26. The molecule has 0 saturated carbocycles. The second-order valence-corrected chi connectivity index (χ2v) is 5.68. The van der Waals surface area contributed by atoms with E-state index in [2.05, 4.69) is 17.6 Å². The SMILES string of the molecule is CCCCCCNC(=O)CNC(=O)[C@H](O)C(C)(C)CO. The first-order valence-electron chi connectivity index (χ1n) is 7.18. The zero-order valence-corrected chi connectivity index (χ0v) is 12.7. The van der Waals surface area contributed by atoms with Gasteiger partial charge in [-0.3, -0.25) is 9.59 Å². The van der Waals surface area contributed by atoms with E-state index in [0.29, 0.717) is 6.54 Å². The van der Waals surface area contributed by atoms with Gasteiger partial charge in [-0.05, 0) is 6.42 Å². The van der Waals surface area contributed by atoms with E-state index in [-0.39, 0.29) is 19.1 Å². The number of hydrogen-bond acceptors (Lipinski definition) is 4. The standard InChI is InChI=1S/C14H28N2O4/c1-4-5-6-7-8-15-11(18)9-16-13(20)12(19)14(2,3)10-17/h12,17,19H,4-10H2,1-3H3,(H,15,18)(H,16,20)/t12-/m0/s1. The quantitative estimate of drug-likeness (QED) is 0.431. The van der Waals surface area contributed by atoms with Crippen LogP contribution in [0.5, 0.6) is 0 Å². The summed E-state index contributed by atoms with van der Waals surface area (Å²) in [4.78, 5) is 23.1. The lowest BCUT2D eigenvalue weighted by Crippen LogP contribution is -2.48. The Labute approximate surface area is 120 Å². The van der Waals surface area contributed by atoms with Crippen LogP contribution in [0.2, 0.25) is 0 Å². The Hall–Kier alpha value is -1.14. The summed E-state index contributed by atoms with van der Waals surface area (Å²) >= 11 is 0. The molecule has 0 aromatic carbocycles. The van der Waals surface area contributed by atoms with Crippen LogP contribution >= 0.6 is 0 Å². The summed E-state index contributed by atoms with van der Waals surface area (Å²) < 4.78 is 0. The highest BCUT2D eigenvalue weighted by Crippen LogP contribution is 2.19. The smallest absolute Gasteiger partial charge is 0.249 e. The van der Waals surface area contributed by atoms with Gasteiger partial charge < -0.3 is 20.8 Å². The van der Waals surface area contributed by atoms with Crippen LogP contribution in [0.25, 0.3) is 0 Å². The zero-order chi connectivity index (χ0) is 15.6. The third-order valence-corrected chi connectivity index (χ3v) is 3.17. The number of aliphatic hydroxyl groups excluding tert-OH is 2. The summed E-state index contributed by atoms with van der Waals surface area (Å²) in [6.45, 7) is 5.39. The van der Waals surface area contributed by atoms with Crippen molar-refractivity contribution in [2.75, 3.05) is 19.7 Å². The minimum absolute atomic E-state index is 0.162. The summed E-state index contributed by atoms with van der Waals surface area (Å²) in [6, 6.07) is 0. The maximum atomic E-state index is 11.6. The molecule has 2 amide bonds. The van der Waals surface area contributed by atoms with Gasteiger partial charge in [-0.25, -0.2) is 0 Å². The summed E-state index contributed by atoms with van der Waals surface area (Å²) in [7, 11) is 0. The average molecular weight is 288 g/mol. The number of nitrogens with one attached hydrogen (secondary N) is 2. The molecule has 6 nitrogen and oxygen atoms in total. The van der Waals surface area contributed by atoms with E-state index in [1.807, 2.05) is 0 Å². The van der Waals surface area contributed by atoms with Crippen molar-refractivity contribution in [1.29, 1.82) is 0 Å². The molecule has 118 valence electrons. The van der Waals surface area contributed by atoms with Crippen LogP contribution in [0, 0.1) is 5.41 Å². The van der Waals surface area contributed by atoms with Gasteiger partial charge >= 0.3 is 0 Å². The van der Waals surface area contributed by atoms with Crippen molar-refractivity contribution in [2.24, 2.45) is 5.41 Å². The zero-order valence-electron chi connectivity index (χ0n) is 12.7. The molecule has 20 heavy (non-hydrogen) atoms. The first-order valence-corrected chi connectivity index (χ1v) is 7.18. The van der Waals surface area contributed by atoms with Gasteiger partial charge in [-0.15, -0.1) is 0 Å². The van der Waals surface area contributed by atoms with E-state index in [9.17, 15) is 14.7 Å². The molecule has 0 aromatic rings. The average Bonchev–Trinajstić information content (AvgIpc) is 2.43. The van der Waals surface area contributed by atoms with Crippen molar-refractivity contribution in [3.63, 3.8) is 0 Å². The first-order chi connectivity index (χ1) is 9.35. The Morgan fingerprint density at radius 2 is 1.80 bits per heavy atom. The normalized spacial score (nSPS) is 12.8. The molecule has 0 aliphatic heterocycles. The largest absolute Gasteiger partial charge is 0.396 e. The van der Waals surface area contributed by atoms with Gasteiger partial charge in [0, 0.05) is 12.0 Å². The predicted octanol–water partition coefficient (Wildman–Crippen LogP) is 0.179. The molecule has 6 heteroatoms. The minimum Gasteiger partial charge on any atom is -0.396 e. The summed E-state index contributed by atoms with van der Waals surface area (Å²) in [6.07, 6.45) is 2.95. The van der Waals surface area contributed by atoms with Crippen LogP contribution in [-0.2, 0) is 9.59 Å². The molecule has 4 N–H and O–H groups in total. The monoisotopic (exact) mass is 288 g/mol. The highest BCUT2D eigenvalue weighted by atomic mass is 16.3. The molecular formula is C14H28N2O4. The van der Waals surface area contributed by atoms with E-state index in [1.165, 1.54) is 0 Å². The highest BCUT2D eigenvalue weighted by Gasteiger charge is 2.32. The second-order valence-electron chi connectivity index (χ2n) is 5.68. The maximum Gasteiger partial charge on any atom is 0.249 e. The molecule has 0 rings (SSSR count). The van der Waals surface area contributed by atoms with Crippen LogP contribution in [0.3, 0.4) is 0 Å². The second kappa shape index (κ2) is 9.72. The van der Waals surface area contributed by atoms with Crippen LogP contribution in [0.15, 0.2) is 0 Å². The van der Waals surface area contributed by atoms with Gasteiger partial charge in [0.25, 0.3) is 0 Å². The Kier molecular flexibility index (Phi) is 9.16. The van der Waals surface area contributed by atoms with E-state index in [4.69, 9.17) is 5.11 Å². The fourth-order valence-corrected chi connectivity index (χ4v) is 1.55. The lowest BCUT2D eigenvalue weighted by atomic mass is 9.87. The van der Waals surface area contributed by atoms with E-state index < -0.39 is 17.4 Å². The molecule has 0 aliphatic rings. The van der Waals surface area contributed by atoms with E-state index >= 15 is 0 Å². The highest BCUT2D eigenvalue weighted by molar-refractivity contribution is 5.87. The molecule has 0 heterocycles. The lowest BCUT2D eigenvalue weighted by molar-refractivity contribution is -0.138. The number of aliphatic hydroxyl groups is 2.